The standard InChI is InChI=1S/C26H19F4N3O4S/c1-35-22-10-15-19(12-23(22)36-2)31-8-7-20(15)37-21-6-3-13(9-18(21)29)32-26(38)33-24(34)11-14-16(27)4-5-17(28)25(14)30/h3-10,12H,11H2,1-2H3,(H2,32,33,34,38). The van der Waals surface area contributed by atoms with Gasteiger partial charge in [0, 0.05) is 35.0 Å². The van der Waals surface area contributed by atoms with Crippen molar-refractivity contribution in [2.75, 3.05) is 19.5 Å². The van der Waals surface area contributed by atoms with Gasteiger partial charge in [0.05, 0.1) is 26.2 Å². The summed E-state index contributed by atoms with van der Waals surface area (Å²) in [7, 11) is 2.98. The van der Waals surface area contributed by atoms with Gasteiger partial charge in [0.25, 0.3) is 0 Å². The van der Waals surface area contributed by atoms with E-state index < -0.39 is 41.2 Å². The van der Waals surface area contributed by atoms with Crippen LogP contribution in [0.2, 0.25) is 0 Å². The van der Waals surface area contributed by atoms with Crippen LogP contribution in [0.25, 0.3) is 10.9 Å². The highest BCUT2D eigenvalue weighted by atomic mass is 32.1. The van der Waals surface area contributed by atoms with Gasteiger partial charge in [-0.15, -0.1) is 0 Å². The van der Waals surface area contributed by atoms with Gasteiger partial charge in [-0.25, -0.2) is 17.6 Å². The fourth-order valence-corrected chi connectivity index (χ4v) is 3.77. The first kappa shape index (κ1) is 26.6. The lowest BCUT2D eigenvalue weighted by atomic mass is 10.1. The van der Waals surface area contributed by atoms with E-state index in [0.29, 0.717) is 40.3 Å². The van der Waals surface area contributed by atoms with Crippen molar-refractivity contribution in [1.82, 2.24) is 10.3 Å². The Labute approximate surface area is 219 Å². The summed E-state index contributed by atoms with van der Waals surface area (Å²) >= 11 is 5.01. The lowest BCUT2D eigenvalue weighted by Crippen LogP contribution is -2.35. The fourth-order valence-electron chi connectivity index (χ4n) is 3.54. The summed E-state index contributed by atoms with van der Waals surface area (Å²) in [6.07, 6.45) is 0.703. The molecule has 7 nitrogen and oxygen atoms in total. The van der Waals surface area contributed by atoms with Gasteiger partial charge >= 0.3 is 0 Å². The van der Waals surface area contributed by atoms with Crippen LogP contribution in [0.15, 0.2) is 54.7 Å². The minimum Gasteiger partial charge on any atom is -0.493 e. The highest BCUT2D eigenvalue weighted by Gasteiger charge is 2.18. The molecule has 0 radical (unpaired) electrons. The number of hydrogen-bond acceptors (Lipinski definition) is 6. The number of pyridine rings is 1. The average molecular weight is 546 g/mol. The molecule has 0 aliphatic carbocycles. The molecule has 0 spiro atoms. The first-order chi connectivity index (χ1) is 18.2. The zero-order chi connectivity index (χ0) is 27.4. The van der Waals surface area contributed by atoms with Crippen LogP contribution in [-0.2, 0) is 11.2 Å². The summed E-state index contributed by atoms with van der Waals surface area (Å²) in [6.45, 7) is 0. The van der Waals surface area contributed by atoms with Crippen LogP contribution in [0.5, 0.6) is 23.0 Å². The Kier molecular flexibility index (Phi) is 7.91. The van der Waals surface area contributed by atoms with Crippen LogP contribution >= 0.6 is 12.2 Å². The third-order valence-electron chi connectivity index (χ3n) is 5.35. The summed E-state index contributed by atoms with van der Waals surface area (Å²) in [5, 5.41) is 5.09. The van der Waals surface area contributed by atoms with Gasteiger partial charge in [-0.05, 0) is 48.6 Å². The normalized spacial score (nSPS) is 10.7. The van der Waals surface area contributed by atoms with E-state index in [1.165, 1.54) is 32.5 Å². The van der Waals surface area contributed by atoms with Gasteiger partial charge in [-0.3, -0.25) is 9.78 Å². The number of halogens is 4. The maximum absolute atomic E-state index is 14.9. The molecule has 0 saturated heterocycles. The molecule has 0 aliphatic heterocycles. The van der Waals surface area contributed by atoms with Crippen molar-refractivity contribution in [2.24, 2.45) is 0 Å². The number of methoxy groups -OCH3 is 2. The number of carbonyl (C=O) groups excluding carboxylic acids is 1. The van der Waals surface area contributed by atoms with Gasteiger partial charge in [0.15, 0.2) is 39.8 Å². The van der Waals surface area contributed by atoms with Gasteiger partial charge < -0.3 is 24.8 Å². The highest BCUT2D eigenvalue weighted by molar-refractivity contribution is 7.80. The largest absolute Gasteiger partial charge is 0.493 e. The third-order valence-corrected chi connectivity index (χ3v) is 5.55. The fraction of sp³-hybridized carbons (Fsp3) is 0.115. The minimum absolute atomic E-state index is 0.107. The van der Waals surface area contributed by atoms with Crippen LogP contribution in [0.1, 0.15) is 5.56 Å². The number of thiocarbonyl (C=S) groups is 1. The quantitative estimate of drug-likeness (QED) is 0.176. The topological polar surface area (TPSA) is 81.7 Å². The van der Waals surface area contributed by atoms with E-state index in [4.69, 9.17) is 26.4 Å². The molecule has 0 aliphatic rings. The third kappa shape index (κ3) is 5.75. The molecule has 1 amide bonds. The summed E-state index contributed by atoms with van der Waals surface area (Å²) in [5.41, 5.74) is -0.0373. The van der Waals surface area contributed by atoms with Crippen molar-refractivity contribution in [2.45, 2.75) is 6.42 Å². The summed E-state index contributed by atoms with van der Waals surface area (Å²) in [5.74, 6) is -4.35. The van der Waals surface area contributed by atoms with E-state index in [0.717, 1.165) is 6.07 Å². The Bertz CT molecular complexity index is 1550. The lowest BCUT2D eigenvalue weighted by Gasteiger charge is -2.14. The molecule has 3 aromatic carbocycles. The van der Waals surface area contributed by atoms with Gasteiger partial charge in [-0.1, -0.05) is 0 Å². The van der Waals surface area contributed by atoms with Crippen molar-refractivity contribution in [3.05, 3.63) is 83.6 Å². The molecular formula is C26H19F4N3O4S. The molecule has 0 fully saturated rings. The molecule has 1 aromatic heterocycles. The zero-order valence-electron chi connectivity index (χ0n) is 19.9. The van der Waals surface area contributed by atoms with Crippen molar-refractivity contribution in [1.29, 1.82) is 0 Å². The Hall–Kier alpha value is -4.45. The number of rotatable bonds is 7. The van der Waals surface area contributed by atoms with Crippen LogP contribution in [-0.4, -0.2) is 30.2 Å². The lowest BCUT2D eigenvalue weighted by molar-refractivity contribution is -0.119. The average Bonchev–Trinajstić information content (AvgIpc) is 2.89. The zero-order valence-corrected chi connectivity index (χ0v) is 20.7. The Morgan fingerprint density at radius 2 is 1.58 bits per heavy atom. The van der Waals surface area contributed by atoms with E-state index in [1.807, 2.05) is 0 Å². The smallest absolute Gasteiger partial charge is 0.230 e. The second-order valence-electron chi connectivity index (χ2n) is 7.78. The number of fused-ring (bicyclic) bond motifs is 1. The van der Waals surface area contributed by atoms with E-state index in [-0.39, 0.29) is 16.5 Å². The second-order valence-corrected chi connectivity index (χ2v) is 8.19. The molecule has 4 aromatic rings. The van der Waals surface area contributed by atoms with E-state index in [1.54, 1.807) is 18.2 Å². The molecule has 196 valence electrons. The van der Waals surface area contributed by atoms with E-state index in [2.05, 4.69) is 15.6 Å². The number of nitrogens with zero attached hydrogens (tertiary/aromatic N) is 1. The summed E-state index contributed by atoms with van der Waals surface area (Å²) < 4.78 is 72.1. The number of ether oxygens (including phenoxy) is 3. The molecule has 2 N–H and O–H groups in total. The number of benzene rings is 3. The predicted molar refractivity (Wildman–Crippen MR) is 136 cm³/mol. The number of carbonyl (C=O) groups is 1. The number of hydrogen-bond donors (Lipinski definition) is 2. The number of nitrogens with one attached hydrogen (secondary N) is 2. The second kappa shape index (κ2) is 11.3. The summed E-state index contributed by atoms with van der Waals surface area (Å²) in [6, 6.07) is 10.1. The van der Waals surface area contributed by atoms with E-state index >= 15 is 0 Å². The molecule has 1 heterocycles. The number of amides is 1. The molecule has 38 heavy (non-hydrogen) atoms. The molecule has 4 rings (SSSR count). The van der Waals surface area contributed by atoms with Gasteiger partial charge in [-0.2, -0.15) is 0 Å². The van der Waals surface area contributed by atoms with Crippen molar-refractivity contribution in [3.63, 3.8) is 0 Å². The van der Waals surface area contributed by atoms with Gasteiger partial charge in [0.2, 0.25) is 5.91 Å². The van der Waals surface area contributed by atoms with Crippen LogP contribution in [0, 0.1) is 23.3 Å². The molecule has 12 heteroatoms. The van der Waals surface area contributed by atoms with Gasteiger partial charge in [0.1, 0.15) is 11.6 Å². The van der Waals surface area contributed by atoms with E-state index in [9.17, 15) is 22.4 Å². The van der Waals surface area contributed by atoms with Crippen LogP contribution in [0.4, 0.5) is 23.2 Å². The first-order valence-electron chi connectivity index (χ1n) is 10.9. The first-order valence-corrected chi connectivity index (χ1v) is 11.3. The monoisotopic (exact) mass is 545 g/mol. The summed E-state index contributed by atoms with van der Waals surface area (Å²) in [4.78, 5) is 16.4. The van der Waals surface area contributed by atoms with Crippen molar-refractivity contribution < 1.29 is 36.6 Å². The molecule has 0 unspecified atom stereocenters. The van der Waals surface area contributed by atoms with Crippen molar-refractivity contribution in [3.8, 4) is 23.0 Å². The van der Waals surface area contributed by atoms with Crippen LogP contribution < -0.4 is 24.8 Å². The number of aromatic nitrogens is 1. The predicted octanol–water partition coefficient (Wildman–Crippen LogP) is 5.66. The van der Waals surface area contributed by atoms with Crippen molar-refractivity contribution >= 4 is 39.8 Å². The maximum Gasteiger partial charge on any atom is 0.230 e. The minimum atomic E-state index is -1.46. The SMILES string of the molecule is COc1cc2nccc(Oc3ccc(NC(=S)NC(=O)Cc4c(F)ccc(F)c4F)cc3F)c2cc1OC. The Morgan fingerprint density at radius 1 is 0.868 bits per heavy atom. The maximum atomic E-state index is 14.9. The highest BCUT2D eigenvalue weighted by Crippen LogP contribution is 2.37. The number of anilines is 1. The molecule has 0 atom stereocenters. The molecule has 0 saturated carbocycles. The molecular weight excluding hydrogens is 526 g/mol. The van der Waals surface area contributed by atoms with Crippen LogP contribution in [0.3, 0.4) is 0 Å². The molecule has 0 bridgehead atoms. The Morgan fingerprint density at radius 3 is 2.29 bits per heavy atom. The Balaban J connectivity index is 1.45.